The van der Waals surface area contributed by atoms with E-state index in [-0.39, 0.29) is 0 Å². The molecule has 21 heavy (non-hydrogen) atoms. The van der Waals surface area contributed by atoms with Crippen molar-refractivity contribution in [2.75, 3.05) is 20.2 Å². The highest BCUT2D eigenvalue weighted by Gasteiger charge is 2.05. The molecular formula is C18H20N2O. The normalized spacial score (nSPS) is 10.4. The fourth-order valence-electron chi connectivity index (χ4n) is 2.15. The van der Waals surface area contributed by atoms with Gasteiger partial charge >= 0.3 is 0 Å². The smallest absolute Gasteiger partial charge is 0.137 e. The molecule has 2 rings (SSSR count). The number of para-hydroxylation sites is 1. The Morgan fingerprint density at radius 2 is 1.81 bits per heavy atom. The van der Waals surface area contributed by atoms with Crippen LogP contribution in [0.15, 0.2) is 48.5 Å². The van der Waals surface area contributed by atoms with Crippen LogP contribution in [0.4, 0.5) is 0 Å². The number of nitrogens with zero attached hydrogens (tertiary/aromatic N) is 2. The molecule has 0 bridgehead atoms. The summed E-state index contributed by atoms with van der Waals surface area (Å²) in [5.74, 6) is 0.657. The van der Waals surface area contributed by atoms with Crippen LogP contribution in [0, 0.1) is 18.3 Å². The summed E-state index contributed by atoms with van der Waals surface area (Å²) in [6, 6.07) is 17.9. The highest BCUT2D eigenvalue weighted by atomic mass is 16.5. The van der Waals surface area contributed by atoms with Gasteiger partial charge < -0.3 is 4.74 Å². The number of ether oxygens (including phenoxy) is 1. The van der Waals surface area contributed by atoms with Crippen LogP contribution in [0.2, 0.25) is 0 Å². The van der Waals surface area contributed by atoms with E-state index in [0.717, 1.165) is 13.1 Å². The molecule has 0 aliphatic rings. The van der Waals surface area contributed by atoms with Crippen molar-refractivity contribution in [3.05, 3.63) is 65.2 Å². The molecule has 0 saturated carbocycles. The maximum atomic E-state index is 9.01. The SMILES string of the molecule is Cc1ccccc1CN(C)CCOc1ccccc1C#N. The average molecular weight is 280 g/mol. The highest BCUT2D eigenvalue weighted by molar-refractivity contribution is 5.42. The topological polar surface area (TPSA) is 36.3 Å². The zero-order valence-electron chi connectivity index (χ0n) is 12.5. The van der Waals surface area contributed by atoms with Crippen LogP contribution < -0.4 is 4.74 Å². The molecule has 0 amide bonds. The van der Waals surface area contributed by atoms with E-state index in [4.69, 9.17) is 10.00 Å². The predicted octanol–water partition coefficient (Wildman–Crippen LogP) is 3.38. The zero-order valence-corrected chi connectivity index (χ0v) is 12.5. The summed E-state index contributed by atoms with van der Waals surface area (Å²) in [6.45, 7) is 4.41. The number of rotatable bonds is 6. The molecule has 0 spiro atoms. The first-order valence-electron chi connectivity index (χ1n) is 7.05. The summed E-state index contributed by atoms with van der Waals surface area (Å²) in [4.78, 5) is 2.22. The van der Waals surface area contributed by atoms with Gasteiger partial charge in [-0.1, -0.05) is 36.4 Å². The van der Waals surface area contributed by atoms with E-state index in [1.54, 1.807) is 6.07 Å². The quantitative estimate of drug-likeness (QED) is 0.814. The summed E-state index contributed by atoms with van der Waals surface area (Å²) in [6.07, 6.45) is 0. The van der Waals surface area contributed by atoms with Crippen molar-refractivity contribution in [2.24, 2.45) is 0 Å². The van der Waals surface area contributed by atoms with E-state index in [0.29, 0.717) is 17.9 Å². The molecule has 0 saturated heterocycles. The molecule has 0 atom stereocenters. The first-order valence-corrected chi connectivity index (χ1v) is 7.05. The standard InChI is InChI=1S/C18H20N2O/c1-15-7-3-4-9-17(15)14-20(2)11-12-21-18-10-6-5-8-16(18)13-19/h3-10H,11-12,14H2,1-2H3. The van der Waals surface area contributed by atoms with Crippen molar-refractivity contribution in [1.29, 1.82) is 5.26 Å². The van der Waals surface area contributed by atoms with Gasteiger partial charge in [-0.15, -0.1) is 0 Å². The predicted molar refractivity (Wildman–Crippen MR) is 84.2 cm³/mol. The molecule has 0 unspecified atom stereocenters. The lowest BCUT2D eigenvalue weighted by atomic mass is 10.1. The second kappa shape index (κ2) is 7.47. The van der Waals surface area contributed by atoms with E-state index < -0.39 is 0 Å². The van der Waals surface area contributed by atoms with Crippen molar-refractivity contribution in [1.82, 2.24) is 4.90 Å². The number of aryl methyl sites for hydroxylation is 1. The summed E-state index contributed by atoms with van der Waals surface area (Å²) in [5, 5.41) is 9.01. The molecule has 2 aromatic rings. The van der Waals surface area contributed by atoms with E-state index in [1.807, 2.05) is 18.2 Å². The number of hydrogen-bond acceptors (Lipinski definition) is 3. The molecule has 0 heterocycles. The molecule has 0 fully saturated rings. The molecule has 0 aliphatic carbocycles. The third-order valence-electron chi connectivity index (χ3n) is 3.44. The fourth-order valence-corrected chi connectivity index (χ4v) is 2.15. The van der Waals surface area contributed by atoms with Gasteiger partial charge in [0.1, 0.15) is 18.4 Å². The van der Waals surface area contributed by atoms with Gasteiger partial charge in [0.25, 0.3) is 0 Å². The lowest BCUT2D eigenvalue weighted by molar-refractivity contribution is 0.232. The van der Waals surface area contributed by atoms with Crippen LogP contribution in [0.5, 0.6) is 5.75 Å². The molecule has 0 aromatic heterocycles. The Kier molecular flexibility index (Phi) is 5.36. The van der Waals surface area contributed by atoms with Crippen LogP contribution >= 0.6 is 0 Å². The Morgan fingerprint density at radius 1 is 1.10 bits per heavy atom. The number of benzene rings is 2. The van der Waals surface area contributed by atoms with E-state index >= 15 is 0 Å². The monoisotopic (exact) mass is 280 g/mol. The lowest BCUT2D eigenvalue weighted by Crippen LogP contribution is -2.24. The van der Waals surface area contributed by atoms with Crippen molar-refractivity contribution in [2.45, 2.75) is 13.5 Å². The van der Waals surface area contributed by atoms with Crippen LogP contribution in [-0.2, 0) is 6.54 Å². The van der Waals surface area contributed by atoms with Gasteiger partial charge in [0.05, 0.1) is 5.56 Å². The molecule has 2 aromatic carbocycles. The van der Waals surface area contributed by atoms with Gasteiger partial charge in [0, 0.05) is 13.1 Å². The number of nitriles is 1. The van der Waals surface area contributed by atoms with Gasteiger partial charge in [-0.25, -0.2) is 0 Å². The van der Waals surface area contributed by atoms with Crippen molar-refractivity contribution < 1.29 is 4.74 Å². The summed E-state index contributed by atoms with van der Waals surface area (Å²) in [5.41, 5.74) is 3.22. The number of likely N-dealkylation sites (N-methyl/N-ethyl adjacent to an activating group) is 1. The Labute approximate surface area is 126 Å². The molecule has 0 aliphatic heterocycles. The van der Waals surface area contributed by atoms with Crippen molar-refractivity contribution in [3.8, 4) is 11.8 Å². The maximum Gasteiger partial charge on any atom is 0.137 e. The third-order valence-corrected chi connectivity index (χ3v) is 3.44. The van der Waals surface area contributed by atoms with Crippen LogP contribution in [-0.4, -0.2) is 25.1 Å². The molecule has 0 radical (unpaired) electrons. The molecular weight excluding hydrogens is 260 g/mol. The maximum absolute atomic E-state index is 9.01. The molecule has 0 N–H and O–H groups in total. The van der Waals surface area contributed by atoms with Crippen molar-refractivity contribution in [3.63, 3.8) is 0 Å². The Bertz CT molecular complexity index is 631. The van der Waals surface area contributed by atoms with Gasteiger partial charge in [-0.3, -0.25) is 4.90 Å². The average Bonchev–Trinajstić information content (AvgIpc) is 2.50. The largest absolute Gasteiger partial charge is 0.491 e. The van der Waals surface area contributed by atoms with Gasteiger partial charge in [-0.2, -0.15) is 5.26 Å². The molecule has 108 valence electrons. The number of hydrogen-bond donors (Lipinski definition) is 0. The highest BCUT2D eigenvalue weighted by Crippen LogP contribution is 2.16. The van der Waals surface area contributed by atoms with Gasteiger partial charge in [0.2, 0.25) is 0 Å². The Morgan fingerprint density at radius 3 is 2.57 bits per heavy atom. The van der Waals surface area contributed by atoms with Crippen molar-refractivity contribution >= 4 is 0 Å². The first kappa shape index (κ1) is 15.1. The minimum Gasteiger partial charge on any atom is -0.491 e. The first-order chi connectivity index (χ1) is 10.2. The van der Waals surface area contributed by atoms with Gasteiger partial charge in [-0.05, 0) is 37.2 Å². The Balaban J connectivity index is 1.84. The van der Waals surface area contributed by atoms with E-state index in [2.05, 4.69) is 49.2 Å². The lowest BCUT2D eigenvalue weighted by Gasteiger charge is -2.18. The summed E-state index contributed by atoms with van der Waals surface area (Å²) in [7, 11) is 2.08. The molecule has 3 heteroatoms. The van der Waals surface area contributed by atoms with E-state index in [1.165, 1.54) is 11.1 Å². The second-order valence-corrected chi connectivity index (χ2v) is 5.12. The zero-order chi connectivity index (χ0) is 15.1. The summed E-state index contributed by atoms with van der Waals surface area (Å²) >= 11 is 0. The minimum absolute atomic E-state index is 0.571. The Hall–Kier alpha value is -2.31. The van der Waals surface area contributed by atoms with Crippen LogP contribution in [0.3, 0.4) is 0 Å². The molecule has 3 nitrogen and oxygen atoms in total. The van der Waals surface area contributed by atoms with Gasteiger partial charge in [0.15, 0.2) is 0 Å². The van der Waals surface area contributed by atoms with Crippen LogP contribution in [0.1, 0.15) is 16.7 Å². The minimum atomic E-state index is 0.571. The fraction of sp³-hybridized carbons (Fsp3) is 0.278. The summed E-state index contributed by atoms with van der Waals surface area (Å²) < 4.78 is 5.70. The van der Waals surface area contributed by atoms with Crippen LogP contribution in [0.25, 0.3) is 0 Å². The van der Waals surface area contributed by atoms with E-state index in [9.17, 15) is 0 Å². The second-order valence-electron chi connectivity index (χ2n) is 5.12. The third kappa shape index (κ3) is 4.34.